The topological polar surface area (TPSA) is 87.7 Å². The Bertz CT molecular complexity index is 333. The fraction of sp³-hybridized carbons (Fsp3) is 0.750. The fourth-order valence-electron chi connectivity index (χ4n) is 1.45. The standard InChI is InChI=1S/C12H23N3O4/c1-6-15(4)11(17)8(2)13-7-10(12(18)19-5)14-9(3)16/h8,10,13H,6-7H2,1-5H3,(H,14,16). The number of nitrogens with one attached hydrogen (secondary N) is 2. The summed E-state index contributed by atoms with van der Waals surface area (Å²) in [6.45, 7) is 5.64. The molecule has 0 heterocycles. The van der Waals surface area contributed by atoms with Crippen LogP contribution in [-0.2, 0) is 19.1 Å². The number of carbonyl (C=O) groups excluding carboxylic acids is 3. The van der Waals surface area contributed by atoms with Crippen LogP contribution in [0.15, 0.2) is 0 Å². The largest absolute Gasteiger partial charge is 0.467 e. The molecule has 0 aromatic rings. The van der Waals surface area contributed by atoms with Gasteiger partial charge in [0.15, 0.2) is 0 Å². The molecule has 7 nitrogen and oxygen atoms in total. The van der Waals surface area contributed by atoms with E-state index in [0.717, 1.165) is 0 Å². The molecule has 0 aromatic heterocycles. The van der Waals surface area contributed by atoms with Gasteiger partial charge in [-0.25, -0.2) is 4.79 Å². The Hall–Kier alpha value is -1.63. The number of rotatable bonds is 7. The van der Waals surface area contributed by atoms with E-state index in [2.05, 4.69) is 15.4 Å². The van der Waals surface area contributed by atoms with Gasteiger partial charge in [0, 0.05) is 27.1 Å². The Morgan fingerprint density at radius 3 is 2.32 bits per heavy atom. The van der Waals surface area contributed by atoms with Gasteiger partial charge >= 0.3 is 5.97 Å². The molecule has 0 spiro atoms. The molecule has 2 atom stereocenters. The van der Waals surface area contributed by atoms with Crippen molar-refractivity contribution in [3.63, 3.8) is 0 Å². The summed E-state index contributed by atoms with van der Waals surface area (Å²) in [6.07, 6.45) is 0. The molecule has 110 valence electrons. The molecule has 0 aliphatic heterocycles. The van der Waals surface area contributed by atoms with Crippen molar-refractivity contribution in [3.05, 3.63) is 0 Å². The number of hydrogen-bond acceptors (Lipinski definition) is 5. The van der Waals surface area contributed by atoms with Gasteiger partial charge in [0.2, 0.25) is 11.8 Å². The highest BCUT2D eigenvalue weighted by Gasteiger charge is 2.23. The van der Waals surface area contributed by atoms with Gasteiger partial charge in [-0.05, 0) is 13.8 Å². The van der Waals surface area contributed by atoms with Crippen LogP contribution >= 0.6 is 0 Å². The van der Waals surface area contributed by atoms with E-state index < -0.39 is 18.1 Å². The van der Waals surface area contributed by atoms with E-state index in [1.54, 1.807) is 18.9 Å². The summed E-state index contributed by atoms with van der Waals surface area (Å²) in [4.78, 5) is 35.8. The number of methoxy groups -OCH3 is 1. The highest BCUT2D eigenvalue weighted by Crippen LogP contribution is 1.94. The van der Waals surface area contributed by atoms with Crippen LogP contribution in [0.25, 0.3) is 0 Å². The van der Waals surface area contributed by atoms with Crippen LogP contribution in [0.1, 0.15) is 20.8 Å². The first-order valence-corrected chi connectivity index (χ1v) is 6.16. The first-order chi connectivity index (χ1) is 8.83. The lowest BCUT2D eigenvalue weighted by Crippen LogP contribution is -2.51. The molecular weight excluding hydrogens is 250 g/mol. The van der Waals surface area contributed by atoms with Crippen molar-refractivity contribution < 1.29 is 19.1 Å². The van der Waals surface area contributed by atoms with Crippen molar-refractivity contribution in [1.29, 1.82) is 0 Å². The fourth-order valence-corrected chi connectivity index (χ4v) is 1.45. The summed E-state index contributed by atoms with van der Waals surface area (Å²) in [5.41, 5.74) is 0. The maximum Gasteiger partial charge on any atom is 0.329 e. The second kappa shape index (κ2) is 8.47. The number of esters is 1. The third-order valence-electron chi connectivity index (χ3n) is 2.71. The van der Waals surface area contributed by atoms with Crippen molar-refractivity contribution in [2.24, 2.45) is 0 Å². The molecule has 2 N–H and O–H groups in total. The van der Waals surface area contributed by atoms with E-state index >= 15 is 0 Å². The minimum Gasteiger partial charge on any atom is -0.467 e. The van der Waals surface area contributed by atoms with E-state index in [4.69, 9.17) is 0 Å². The average Bonchev–Trinajstić information content (AvgIpc) is 2.39. The van der Waals surface area contributed by atoms with Gasteiger partial charge in [0.25, 0.3) is 0 Å². The molecule has 0 saturated carbocycles. The highest BCUT2D eigenvalue weighted by atomic mass is 16.5. The summed E-state index contributed by atoms with van der Waals surface area (Å²) >= 11 is 0. The summed E-state index contributed by atoms with van der Waals surface area (Å²) < 4.78 is 4.59. The van der Waals surface area contributed by atoms with Crippen LogP contribution in [0.2, 0.25) is 0 Å². The molecule has 0 fully saturated rings. The van der Waals surface area contributed by atoms with E-state index in [-0.39, 0.29) is 18.4 Å². The van der Waals surface area contributed by atoms with E-state index in [1.807, 2.05) is 6.92 Å². The van der Waals surface area contributed by atoms with Gasteiger partial charge in [-0.3, -0.25) is 9.59 Å². The van der Waals surface area contributed by atoms with Crippen LogP contribution in [0.4, 0.5) is 0 Å². The first-order valence-electron chi connectivity index (χ1n) is 6.16. The molecular formula is C12H23N3O4. The number of ether oxygens (including phenoxy) is 1. The zero-order valence-electron chi connectivity index (χ0n) is 12.1. The van der Waals surface area contributed by atoms with Gasteiger partial charge in [-0.1, -0.05) is 0 Å². The summed E-state index contributed by atoms with van der Waals surface area (Å²) in [5, 5.41) is 5.38. The molecule has 0 radical (unpaired) electrons. The van der Waals surface area contributed by atoms with Crippen molar-refractivity contribution in [2.45, 2.75) is 32.9 Å². The normalized spacial score (nSPS) is 13.3. The highest BCUT2D eigenvalue weighted by molar-refractivity contribution is 5.84. The lowest BCUT2D eigenvalue weighted by atomic mass is 10.2. The van der Waals surface area contributed by atoms with E-state index in [9.17, 15) is 14.4 Å². The second-order valence-electron chi connectivity index (χ2n) is 4.26. The molecule has 0 rings (SSSR count). The number of carbonyl (C=O) groups is 3. The molecule has 0 aliphatic carbocycles. The van der Waals surface area contributed by atoms with Crippen molar-refractivity contribution in [3.8, 4) is 0 Å². The summed E-state index contributed by atoms with van der Waals surface area (Å²) in [7, 11) is 2.95. The molecule has 0 aliphatic rings. The monoisotopic (exact) mass is 273 g/mol. The van der Waals surface area contributed by atoms with E-state index in [0.29, 0.717) is 6.54 Å². The number of likely N-dealkylation sites (N-methyl/N-ethyl adjacent to an activating group) is 1. The van der Waals surface area contributed by atoms with Crippen molar-refractivity contribution >= 4 is 17.8 Å². The molecule has 0 bridgehead atoms. The smallest absolute Gasteiger partial charge is 0.329 e. The molecule has 19 heavy (non-hydrogen) atoms. The van der Waals surface area contributed by atoms with Crippen molar-refractivity contribution in [2.75, 3.05) is 27.2 Å². The van der Waals surface area contributed by atoms with E-state index in [1.165, 1.54) is 14.0 Å². The summed E-state index contributed by atoms with van der Waals surface area (Å²) in [5.74, 6) is -0.956. The minimum absolute atomic E-state index is 0.0751. The molecule has 0 saturated heterocycles. The van der Waals surface area contributed by atoms with Crippen LogP contribution in [0.3, 0.4) is 0 Å². The predicted molar refractivity (Wildman–Crippen MR) is 70.4 cm³/mol. The Labute approximate surface area is 113 Å². The Kier molecular flexibility index (Phi) is 7.74. The minimum atomic E-state index is -0.801. The van der Waals surface area contributed by atoms with Crippen LogP contribution in [0.5, 0.6) is 0 Å². The SMILES string of the molecule is CCN(C)C(=O)C(C)NCC(NC(C)=O)C(=O)OC. The van der Waals surface area contributed by atoms with Crippen LogP contribution < -0.4 is 10.6 Å². The molecule has 2 unspecified atom stereocenters. The second-order valence-corrected chi connectivity index (χ2v) is 4.26. The van der Waals surface area contributed by atoms with Crippen LogP contribution in [-0.4, -0.2) is 62.0 Å². The van der Waals surface area contributed by atoms with Gasteiger partial charge in [0.1, 0.15) is 6.04 Å². The predicted octanol–water partition coefficient (Wildman–Crippen LogP) is -0.879. The molecule has 2 amide bonds. The van der Waals surface area contributed by atoms with Gasteiger partial charge < -0.3 is 20.3 Å². The Morgan fingerprint density at radius 2 is 1.89 bits per heavy atom. The maximum absolute atomic E-state index is 11.8. The average molecular weight is 273 g/mol. The molecule has 0 aromatic carbocycles. The van der Waals surface area contributed by atoms with Crippen molar-refractivity contribution in [1.82, 2.24) is 15.5 Å². The summed E-state index contributed by atoms with van der Waals surface area (Å²) in [6, 6.07) is -1.24. The van der Waals surface area contributed by atoms with Gasteiger partial charge in [-0.2, -0.15) is 0 Å². The quantitative estimate of drug-likeness (QED) is 0.588. The van der Waals surface area contributed by atoms with Gasteiger partial charge in [-0.15, -0.1) is 0 Å². The molecule has 7 heteroatoms. The number of amides is 2. The lowest BCUT2D eigenvalue weighted by Gasteiger charge is -2.23. The lowest BCUT2D eigenvalue weighted by molar-refractivity contribution is -0.145. The third-order valence-corrected chi connectivity index (χ3v) is 2.71. The first kappa shape index (κ1) is 17.4. The van der Waals surface area contributed by atoms with Gasteiger partial charge in [0.05, 0.1) is 13.2 Å². The number of nitrogens with zero attached hydrogens (tertiary/aromatic N) is 1. The van der Waals surface area contributed by atoms with Crippen LogP contribution in [0, 0.1) is 0 Å². The Morgan fingerprint density at radius 1 is 1.32 bits per heavy atom. The number of hydrogen-bond donors (Lipinski definition) is 2. The maximum atomic E-state index is 11.8. The third kappa shape index (κ3) is 6.19. The Balaban J connectivity index is 4.42. The zero-order chi connectivity index (χ0) is 15.0. The zero-order valence-corrected chi connectivity index (χ0v) is 12.1.